The molecule has 1 heterocycles. The smallest absolute Gasteiger partial charge is 0.353 e. The second-order valence-corrected chi connectivity index (χ2v) is 12.3. The summed E-state index contributed by atoms with van der Waals surface area (Å²) in [6.45, 7) is 0.438. The van der Waals surface area contributed by atoms with Gasteiger partial charge in [-0.15, -0.1) is 11.3 Å². The van der Waals surface area contributed by atoms with E-state index in [2.05, 4.69) is 66.7 Å². The van der Waals surface area contributed by atoms with Crippen molar-refractivity contribution in [1.82, 2.24) is 0 Å². The van der Waals surface area contributed by atoms with Gasteiger partial charge in [0.25, 0.3) is 0 Å². The number of fused-ring (bicyclic) bond motifs is 6. The molecule has 0 atom stereocenters. The Kier molecular flexibility index (Phi) is 6.06. The lowest BCUT2D eigenvalue weighted by Crippen LogP contribution is -2.09. The number of ether oxygens (including phenoxy) is 1. The van der Waals surface area contributed by atoms with Crippen LogP contribution >= 0.6 is 11.3 Å². The van der Waals surface area contributed by atoms with Crippen molar-refractivity contribution in [3.63, 3.8) is 0 Å². The quantitative estimate of drug-likeness (QED) is 0.172. The zero-order valence-corrected chi connectivity index (χ0v) is 24.0. The van der Waals surface area contributed by atoms with Crippen LogP contribution in [0.25, 0.3) is 48.3 Å². The summed E-state index contributed by atoms with van der Waals surface area (Å²) in [6.07, 6.45) is 8.89. The lowest BCUT2D eigenvalue weighted by Gasteiger charge is -2.26. The predicted molar refractivity (Wildman–Crippen MR) is 175 cm³/mol. The van der Waals surface area contributed by atoms with Crippen LogP contribution in [-0.4, -0.2) is 5.97 Å². The molecule has 8 rings (SSSR count). The second kappa shape index (κ2) is 10.1. The van der Waals surface area contributed by atoms with Gasteiger partial charge in [-0.1, -0.05) is 72.3 Å². The maximum Gasteiger partial charge on any atom is 0.353 e. The number of hydrogen-bond donors (Lipinski definition) is 1. The SMILES string of the molecule is NCc1ccccc1-c1cc(OC(=O)c2cc3cc4ccccc4cc3s2)c2ccc3c(c2c1)CCC1=C3C=CCC1. The fourth-order valence-electron chi connectivity index (χ4n) is 6.71. The summed E-state index contributed by atoms with van der Waals surface area (Å²) < 4.78 is 7.37. The molecule has 0 aliphatic heterocycles. The number of rotatable bonds is 4. The highest BCUT2D eigenvalue weighted by Crippen LogP contribution is 2.44. The maximum atomic E-state index is 13.7. The summed E-state index contributed by atoms with van der Waals surface area (Å²) in [7, 11) is 0. The molecule has 6 aromatic rings. The van der Waals surface area contributed by atoms with Crippen molar-refractivity contribution >= 4 is 54.5 Å². The van der Waals surface area contributed by atoms with E-state index in [1.54, 1.807) is 5.57 Å². The Morgan fingerprint density at radius 1 is 0.786 bits per heavy atom. The number of benzene rings is 5. The van der Waals surface area contributed by atoms with Gasteiger partial charge in [0.1, 0.15) is 10.6 Å². The van der Waals surface area contributed by atoms with E-state index in [1.165, 1.54) is 33.4 Å². The molecule has 0 unspecified atom stereocenters. The van der Waals surface area contributed by atoms with Crippen molar-refractivity contribution < 1.29 is 9.53 Å². The van der Waals surface area contributed by atoms with Gasteiger partial charge < -0.3 is 10.5 Å². The largest absolute Gasteiger partial charge is 0.422 e. The minimum atomic E-state index is -0.330. The van der Waals surface area contributed by atoms with Gasteiger partial charge in [-0.2, -0.15) is 0 Å². The molecule has 0 radical (unpaired) electrons. The number of carbonyl (C=O) groups is 1. The van der Waals surface area contributed by atoms with Crippen molar-refractivity contribution in [2.24, 2.45) is 5.73 Å². The highest BCUT2D eigenvalue weighted by atomic mass is 32.1. The first-order valence-electron chi connectivity index (χ1n) is 14.6. The molecule has 3 nitrogen and oxygen atoms in total. The summed E-state index contributed by atoms with van der Waals surface area (Å²) in [5.41, 5.74) is 14.9. The van der Waals surface area contributed by atoms with Gasteiger partial charge in [-0.25, -0.2) is 4.79 Å². The number of nitrogens with two attached hydrogens (primary N) is 1. The standard InChI is InChI=1S/C38H29NO2S/c39-22-26-10-4-5-11-29(26)27-18-34-32-14-13-23-7-3-6-12-30(23)31(32)15-16-33(34)35(19-27)41-38(40)37-21-28-17-24-8-1-2-9-25(24)20-36(28)42-37/h1-2,4-6,8-12,15-21H,3,7,13-14,22,39H2. The first-order valence-corrected chi connectivity index (χ1v) is 15.4. The Morgan fingerprint density at radius 2 is 1.62 bits per heavy atom. The molecular weight excluding hydrogens is 534 g/mol. The van der Waals surface area contributed by atoms with Gasteiger partial charge in [0.2, 0.25) is 0 Å². The van der Waals surface area contributed by atoms with Gasteiger partial charge in [0.05, 0.1) is 0 Å². The van der Waals surface area contributed by atoms with Crippen molar-refractivity contribution in [3.05, 3.63) is 130 Å². The van der Waals surface area contributed by atoms with E-state index in [-0.39, 0.29) is 5.97 Å². The molecular formula is C38H29NO2S. The predicted octanol–water partition coefficient (Wildman–Crippen LogP) is 9.60. The fraction of sp³-hybridized carbons (Fsp3) is 0.132. The average molecular weight is 564 g/mol. The van der Waals surface area contributed by atoms with E-state index in [0.717, 1.165) is 68.6 Å². The summed E-state index contributed by atoms with van der Waals surface area (Å²) in [6, 6.07) is 31.4. The number of esters is 1. The lowest BCUT2D eigenvalue weighted by atomic mass is 9.79. The molecule has 0 saturated carbocycles. The summed E-state index contributed by atoms with van der Waals surface area (Å²) >= 11 is 1.48. The van der Waals surface area contributed by atoms with Crippen molar-refractivity contribution in [1.29, 1.82) is 0 Å². The second-order valence-electron chi connectivity index (χ2n) is 11.2. The molecule has 1 aromatic heterocycles. The Balaban J connectivity index is 1.27. The van der Waals surface area contributed by atoms with Crippen LogP contribution in [0.3, 0.4) is 0 Å². The topological polar surface area (TPSA) is 52.3 Å². The monoisotopic (exact) mass is 563 g/mol. The molecule has 0 spiro atoms. The van der Waals surface area contributed by atoms with Crippen molar-refractivity contribution in [2.75, 3.05) is 0 Å². The number of allylic oxidation sites excluding steroid dienone is 4. The number of aryl methyl sites for hydroxylation is 1. The molecule has 4 heteroatoms. The van der Waals surface area contributed by atoms with Crippen LogP contribution in [0.2, 0.25) is 0 Å². The third-order valence-corrected chi connectivity index (χ3v) is 9.87. The Hall–Kier alpha value is -4.51. The van der Waals surface area contributed by atoms with E-state index in [4.69, 9.17) is 10.5 Å². The lowest BCUT2D eigenvalue weighted by molar-refractivity contribution is 0.0742. The van der Waals surface area contributed by atoms with Gasteiger partial charge in [0, 0.05) is 16.6 Å². The Morgan fingerprint density at radius 3 is 2.50 bits per heavy atom. The van der Waals surface area contributed by atoms with Crippen LogP contribution in [0, 0.1) is 0 Å². The van der Waals surface area contributed by atoms with E-state index < -0.39 is 0 Å². The van der Waals surface area contributed by atoms with Crippen LogP contribution in [0.15, 0.2) is 109 Å². The number of hydrogen-bond acceptors (Lipinski definition) is 4. The van der Waals surface area contributed by atoms with Crippen LogP contribution < -0.4 is 10.5 Å². The van der Waals surface area contributed by atoms with Gasteiger partial charge in [-0.3, -0.25) is 0 Å². The van der Waals surface area contributed by atoms with Crippen LogP contribution in [0.1, 0.15) is 45.6 Å². The van der Waals surface area contributed by atoms with Gasteiger partial charge in [0.15, 0.2) is 0 Å². The summed E-state index contributed by atoms with van der Waals surface area (Å²) in [5.74, 6) is 0.257. The highest BCUT2D eigenvalue weighted by Gasteiger charge is 2.23. The minimum Gasteiger partial charge on any atom is -0.422 e. The normalized spacial score (nSPS) is 14.4. The fourth-order valence-corrected chi connectivity index (χ4v) is 7.68. The molecule has 0 saturated heterocycles. The zero-order chi connectivity index (χ0) is 28.2. The van der Waals surface area contributed by atoms with Crippen LogP contribution in [-0.2, 0) is 13.0 Å². The third-order valence-electron chi connectivity index (χ3n) is 8.79. The Labute approximate surface area is 248 Å². The first kappa shape index (κ1) is 25.2. The molecule has 0 fully saturated rings. The zero-order valence-electron chi connectivity index (χ0n) is 23.2. The maximum absolute atomic E-state index is 13.7. The van der Waals surface area contributed by atoms with Gasteiger partial charge in [-0.05, 0) is 117 Å². The third kappa shape index (κ3) is 4.18. The molecule has 42 heavy (non-hydrogen) atoms. The van der Waals surface area contributed by atoms with E-state index in [9.17, 15) is 4.79 Å². The molecule has 0 amide bonds. The minimum absolute atomic E-state index is 0.330. The number of carbonyl (C=O) groups excluding carboxylic acids is 1. The molecule has 5 aromatic carbocycles. The van der Waals surface area contributed by atoms with Gasteiger partial charge >= 0.3 is 5.97 Å². The van der Waals surface area contributed by atoms with Crippen LogP contribution in [0.5, 0.6) is 5.75 Å². The summed E-state index contributed by atoms with van der Waals surface area (Å²) in [4.78, 5) is 14.3. The molecule has 204 valence electrons. The van der Waals surface area contributed by atoms with Crippen molar-refractivity contribution in [3.8, 4) is 16.9 Å². The average Bonchev–Trinajstić information content (AvgIpc) is 3.46. The molecule has 2 aliphatic rings. The Bertz CT molecular complexity index is 2080. The van der Waals surface area contributed by atoms with Crippen molar-refractivity contribution in [2.45, 2.75) is 32.2 Å². The summed E-state index contributed by atoms with van der Waals surface area (Å²) in [5, 5.41) is 5.50. The van der Waals surface area contributed by atoms with E-state index >= 15 is 0 Å². The molecule has 0 bridgehead atoms. The first-order chi connectivity index (χ1) is 20.7. The van der Waals surface area contributed by atoms with E-state index in [1.807, 2.05) is 36.4 Å². The van der Waals surface area contributed by atoms with Crippen LogP contribution in [0.4, 0.5) is 0 Å². The highest BCUT2D eigenvalue weighted by molar-refractivity contribution is 7.20. The molecule has 2 aliphatic carbocycles. The molecule has 2 N–H and O–H groups in total. The number of thiophene rings is 1. The van der Waals surface area contributed by atoms with E-state index in [0.29, 0.717) is 17.2 Å².